The van der Waals surface area contributed by atoms with Gasteiger partial charge in [0, 0.05) is 12.1 Å². The number of imide groups is 1. The van der Waals surface area contributed by atoms with Gasteiger partial charge in [-0.25, -0.2) is 9.59 Å². The highest BCUT2D eigenvalue weighted by atomic mass is 16.5. The van der Waals surface area contributed by atoms with Crippen LogP contribution in [0.1, 0.15) is 51.0 Å². The largest absolute Gasteiger partial charge is 0.493 e. The molecule has 0 radical (unpaired) electrons. The van der Waals surface area contributed by atoms with Crippen molar-refractivity contribution in [3.63, 3.8) is 0 Å². The molecule has 1 fully saturated rings. The van der Waals surface area contributed by atoms with Gasteiger partial charge >= 0.3 is 12.0 Å². The van der Waals surface area contributed by atoms with E-state index in [9.17, 15) is 14.4 Å². The van der Waals surface area contributed by atoms with Crippen LogP contribution in [0.15, 0.2) is 24.3 Å². The van der Waals surface area contributed by atoms with Crippen LogP contribution in [-0.2, 0) is 14.3 Å². The average molecular weight is 418 g/mol. The average Bonchev–Trinajstić information content (AvgIpc) is 2.75. The van der Waals surface area contributed by atoms with Gasteiger partial charge in [0.1, 0.15) is 0 Å². The molecule has 0 aliphatic heterocycles. The fraction of sp³-hybridized carbons (Fsp3) is 0.500. The second-order valence-electron chi connectivity index (χ2n) is 7.06. The number of amides is 3. The molecule has 2 N–H and O–H groups in total. The molecule has 30 heavy (non-hydrogen) atoms. The van der Waals surface area contributed by atoms with Gasteiger partial charge in [-0.3, -0.25) is 10.1 Å². The summed E-state index contributed by atoms with van der Waals surface area (Å²) >= 11 is 0. The fourth-order valence-corrected chi connectivity index (χ4v) is 3.10. The molecule has 8 heteroatoms. The van der Waals surface area contributed by atoms with Crippen molar-refractivity contribution in [2.45, 2.75) is 51.5 Å². The molecule has 1 aliphatic rings. The van der Waals surface area contributed by atoms with Crippen LogP contribution in [0.2, 0.25) is 0 Å². The molecule has 0 atom stereocenters. The summed E-state index contributed by atoms with van der Waals surface area (Å²) in [5.74, 6) is -0.183. The van der Waals surface area contributed by atoms with E-state index in [-0.39, 0.29) is 6.04 Å². The van der Waals surface area contributed by atoms with E-state index in [0.29, 0.717) is 23.7 Å². The molecule has 8 nitrogen and oxygen atoms in total. The highest BCUT2D eigenvalue weighted by Gasteiger charge is 2.17. The predicted octanol–water partition coefficient (Wildman–Crippen LogP) is 3.20. The zero-order valence-corrected chi connectivity index (χ0v) is 17.6. The van der Waals surface area contributed by atoms with Crippen LogP contribution in [0.5, 0.6) is 11.5 Å². The normalized spacial score (nSPS) is 14.2. The number of nitrogens with one attached hydrogen (secondary N) is 2. The molecule has 0 heterocycles. The van der Waals surface area contributed by atoms with Gasteiger partial charge in [0.2, 0.25) is 0 Å². The maximum absolute atomic E-state index is 11.8. The van der Waals surface area contributed by atoms with Crippen molar-refractivity contribution in [3.8, 4) is 11.5 Å². The Morgan fingerprint density at radius 3 is 2.60 bits per heavy atom. The Kier molecular flexibility index (Phi) is 9.70. The van der Waals surface area contributed by atoms with Gasteiger partial charge in [0.25, 0.3) is 5.91 Å². The van der Waals surface area contributed by atoms with E-state index in [4.69, 9.17) is 14.2 Å². The zero-order valence-electron chi connectivity index (χ0n) is 17.6. The topological polar surface area (TPSA) is 103 Å². The van der Waals surface area contributed by atoms with Gasteiger partial charge in [-0.2, -0.15) is 0 Å². The summed E-state index contributed by atoms with van der Waals surface area (Å²) < 4.78 is 15.8. The van der Waals surface area contributed by atoms with Crippen molar-refractivity contribution in [2.24, 2.45) is 0 Å². The Labute approximate surface area is 176 Å². The molecule has 1 aliphatic carbocycles. The Morgan fingerprint density at radius 2 is 1.90 bits per heavy atom. The first-order valence-electron chi connectivity index (χ1n) is 10.3. The van der Waals surface area contributed by atoms with Crippen LogP contribution in [0, 0.1) is 0 Å². The van der Waals surface area contributed by atoms with Crippen molar-refractivity contribution in [1.29, 1.82) is 0 Å². The maximum atomic E-state index is 11.8. The van der Waals surface area contributed by atoms with E-state index in [0.717, 1.165) is 32.1 Å². The first kappa shape index (κ1) is 23.3. The molecular weight excluding hydrogens is 388 g/mol. The summed E-state index contributed by atoms with van der Waals surface area (Å²) in [6.45, 7) is 2.06. The second kappa shape index (κ2) is 12.5. The third-order valence-electron chi connectivity index (χ3n) is 4.60. The Bertz CT molecular complexity index is 756. The molecule has 164 valence electrons. The first-order chi connectivity index (χ1) is 14.5. The number of hydrogen-bond acceptors (Lipinski definition) is 6. The summed E-state index contributed by atoms with van der Waals surface area (Å²) in [7, 11) is 1.54. The van der Waals surface area contributed by atoms with Crippen LogP contribution in [0.4, 0.5) is 4.79 Å². The summed E-state index contributed by atoms with van der Waals surface area (Å²) in [5.41, 5.74) is 0.712. The summed E-state index contributed by atoms with van der Waals surface area (Å²) in [6, 6.07) is 4.80. The van der Waals surface area contributed by atoms with Crippen LogP contribution in [0.3, 0.4) is 0 Å². The number of hydrogen-bond donors (Lipinski definition) is 2. The monoisotopic (exact) mass is 418 g/mol. The van der Waals surface area contributed by atoms with Crippen molar-refractivity contribution in [2.75, 3.05) is 20.3 Å². The highest BCUT2D eigenvalue weighted by molar-refractivity contribution is 5.96. The number of urea groups is 1. The smallest absolute Gasteiger partial charge is 0.331 e. The van der Waals surface area contributed by atoms with E-state index >= 15 is 0 Å². The molecular formula is C22H30N2O6. The molecule has 1 aromatic carbocycles. The zero-order chi connectivity index (χ0) is 21.8. The van der Waals surface area contributed by atoms with Gasteiger partial charge in [-0.1, -0.05) is 32.3 Å². The number of carbonyl (C=O) groups is 3. The first-order valence-corrected chi connectivity index (χ1v) is 10.3. The lowest BCUT2D eigenvalue weighted by molar-refractivity contribution is -0.143. The van der Waals surface area contributed by atoms with E-state index in [1.807, 2.05) is 6.92 Å². The van der Waals surface area contributed by atoms with Gasteiger partial charge in [0.05, 0.1) is 13.7 Å². The van der Waals surface area contributed by atoms with Gasteiger partial charge in [-0.05, 0) is 43.0 Å². The van der Waals surface area contributed by atoms with Crippen LogP contribution in [-0.4, -0.2) is 44.3 Å². The van der Waals surface area contributed by atoms with Crippen molar-refractivity contribution in [1.82, 2.24) is 10.6 Å². The number of benzene rings is 1. The second-order valence-corrected chi connectivity index (χ2v) is 7.06. The molecule has 0 bridgehead atoms. The van der Waals surface area contributed by atoms with E-state index in [2.05, 4.69) is 10.6 Å². The lowest BCUT2D eigenvalue weighted by Crippen LogP contribution is -2.46. The van der Waals surface area contributed by atoms with Gasteiger partial charge in [0.15, 0.2) is 18.1 Å². The standard InChI is InChI=1S/C22H30N2O6/c1-3-13-29-18-11-9-16(14-19(18)28-2)10-12-21(26)30-15-20(25)24-22(27)23-17-7-5-4-6-8-17/h9-12,14,17H,3-8,13,15H2,1-2H3,(H2,23,24,25,27)/b12-10+. The summed E-state index contributed by atoms with van der Waals surface area (Å²) in [6.07, 6.45) is 8.78. The number of rotatable bonds is 9. The molecule has 0 spiro atoms. The lowest BCUT2D eigenvalue weighted by Gasteiger charge is -2.22. The third kappa shape index (κ3) is 8.14. The maximum Gasteiger partial charge on any atom is 0.331 e. The minimum Gasteiger partial charge on any atom is -0.493 e. The minimum absolute atomic E-state index is 0.0905. The Hall–Kier alpha value is -3.03. The van der Waals surface area contributed by atoms with E-state index in [1.54, 1.807) is 31.4 Å². The minimum atomic E-state index is -0.692. The predicted molar refractivity (Wildman–Crippen MR) is 112 cm³/mol. The third-order valence-corrected chi connectivity index (χ3v) is 4.60. The number of carbonyl (C=O) groups excluding carboxylic acids is 3. The molecule has 0 unspecified atom stereocenters. The highest BCUT2D eigenvalue weighted by Crippen LogP contribution is 2.28. The number of methoxy groups -OCH3 is 1. The number of esters is 1. The molecule has 0 saturated heterocycles. The molecule has 2 rings (SSSR count). The quantitative estimate of drug-likeness (QED) is 0.472. The van der Waals surface area contributed by atoms with Crippen LogP contribution >= 0.6 is 0 Å². The summed E-state index contributed by atoms with van der Waals surface area (Å²) in [5, 5.41) is 4.94. The van der Waals surface area contributed by atoms with Gasteiger partial charge in [-0.15, -0.1) is 0 Å². The van der Waals surface area contributed by atoms with Crippen molar-refractivity contribution in [3.05, 3.63) is 29.8 Å². The van der Waals surface area contributed by atoms with Crippen molar-refractivity contribution >= 4 is 24.0 Å². The Balaban J connectivity index is 1.75. The van der Waals surface area contributed by atoms with Crippen LogP contribution in [0.25, 0.3) is 6.08 Å². The summed E-state index contributed by atoms with van der Waals surface area (Å²) in [4.78, 5) is 35.4. The van der Waals surface area contributed by atoms with Crippen molar-refractivity contribution < 1.29 is 28.6 Å². The van der Waals surface area contributed by atoms with Gasteiger partial charge < -0.3 is 19.5 Å². The number of ether oxygens (including phenoxy) is 3. The van der Waals surface area contributed by atoms with Crippen LogP contribution < -0.4 is 20.1 Å². The fourth-order valence-electron chi connectivity index (χ4n) is 3.10. The molecule has 1 saturated carbocycles. The lowest BCUT2D eigenvalue weighted by atomic mass is 9.96. The van der Waals surface area contributed by atoms with E-state index < -0.39 is 24.5 Å². The molecule has 0 aromatic heterocycles. The Morgan fingerprint density at radius 1 is 1.13 bits per heavy atom. The molecule has 1 aromatic rings. The SMILES string of the molecule is CCCOc1ccc(/C=C/C(=O)OCC(=O)NC(=O)NC2CCCCC2)cc1OC. The molecule has 3 amide bonds. The van der Waals surface area contributed by atoms with E-state index in [1.165, 1.54) is 12.5 Å².